The average molecular weight is 1530 g/mol. The molecule has 4 heteroatoms. The highest BCUT2D eigenvalue weighted by molar-refractivity contribution is 6.18. The molecule has 0 spiro atoms. The highest BCUT2D eigenvalue weighted by atomic mass is 14.7. The van der Waals surface area contributed by atoms with Crippen molar-refractivity contribution in [3.8, 4) is 134 Å². The van der Waals surface area contributed by atoms with Crippen LogP contribution >= 0.6 is 0 Å². The summed E-state index contributed by atoms with van der Waals surface area (Å²) in [4.78, 5) is 20.6. The van der Waals surface area contributed by atoms with E-state index in [1.807, 2.05) is 18.5 Å². The van der Waals surface area contributed by atoms with Crippen molar-refractivity contribution in [2.75, 3.05) is 0 Å². The van der Waals surface area contributed by atoms with Gasteiger partial charge in [-0.05, 0) is 234 Å². The summed E-state index contributed by atoms with van der Waals surface area (Å²) in [5.41, 5.74) is 43.6. The van der Waals surface area contributed by atoms with Gasteiger partial charge in [0.25, 0.3) is 0 Å². The van der Waals surface area contributed by atoms with Crippen LogP contribution in [0.5, 0.6) is 0 Å². The summed E-state index contributed by atoms with van der Waals surface area (Å²) in [5.74, 6) is 0. The first-order valence-corrected chi connectivity index (χ1v) is 42.1. The third-order valence-corrected chi connectivity index (χ3v) is 27.5. The van der Waals surface area contributed by atoms with Crippen LogP contribution in [0.1, 0.15) is 99.9 Å². The molecule has 20 aromatic rings. The van der Waals surface area contributed by atoms with Gasteiger partial charge in [0.2, 0.25) is 0 Å². The summed E-state index contributed by atoms with van der Waals surface area (Å²) in [5, 5.41) is 9.31. The topological polar surface area (TPSA) is 51.6 Å². The summed E-state index contributed by atoms with van der Waals surface area (Å²) in [7, 11) is 0. The number of rotatable bonds is 8. The third kappa shape index (κ3) is 10.9. The first-order valence-electron chi connectivity index (χ1n) is 42.1. The second-order valence-corrected chi connectivity index (χ2v) is 35.5. The van der Waals surface area contributed by atoms with E-state index in [2.05, 4.69) is 406 Å². The molecule has 16 aromatic carbocycles. The van der Waals surface area contributed by atoms with Crippen molar-refractivity contribution >= 4 is 65.2 Å². The summed E-state index contributed by atoms with van der Waals surface area (Å²) in [6, 6.07) is 130. The number of nitrogens with zero attached hydrogens (tertiary/aromatic N) is 4. The van der Waals surface area contributed by atoms with E-state index in [-0.39, 0.29) is 21.7 Å². The number of hydrogen-bond acceptors (Lipinski definition) is 4. The van der Waals surface area contributed by atoms with Gasteiger partial charge in [0.1, 0.15) is 0 Å². The predicted molar refractivity (Wildman–Crippen MR) is 503 cm³/mol. The lowest BCUT2D eigenvalue weighted by Crippen LogP contribution is -2.15. The van der Waals surface area contributed by atoms with Crippen LogP contribution < -0.4 is 0 Å². The molecule has 120 heavy (non-hydrogen) atoms. The van der Waals surface area contributed by atoms with Crippen LogP contribution in [0.15, 0.2) is 364 Å². The van der Waals surface area contributed by atoms with E-state index < -0.39 is 0 Å². The van der Waals surface area contributed by atoms with Crippen LogP contribution in [-0.2, 0) is 21.7 Å². The number of benzene rings is 16. The number of para-hydroxylation sites is 2. The zero-order chi connectivity index (χ0) is 80.7. The van der Waals surface area contributed by atoms with Crippen LogP contribution in [0.25, 0.3) is 199 Å². The number of aromatic nitrogens is 4. The van der Waals surface area contributed by atoms with E-state index in [0.717, 1.165) is 99.2 Å². The maximum Gasteiger partial charge on any atom is 0.0794 e. The van der Waals surface area contributed by atoms with Crippen molar-refractivity contribution in [3.05, 3.63) is 409 Å². The molecular weight excluding hydrogens is 1450 g/mol. The fourth-order valence-electron chi connectivity index (χ4n) is 21.1. The number of pyridine rings is 4. The van der Waals surface area contributed by atoms with Crippen molar-refractivity contribution in [1.82, 2.24) is 19.9 Å². The highest BCUT2D eigenvalue weighted by Crippen LogP contribution is 2.56. The predicted octanol–water partition coefficient (Wildman–Crippen LogP) is 30.4. The molecule has 4 aliphatic rings. The third-order valence-electron chi connectivity index (χ3n) is 27.5. The van der Waals surface area contributed by atoms with Crippen LogP contribution in [0.4, 0.5) is 0 Å². The van der Waals surface area contributed by atoms with E-state index in [4.69, 9.17) is 15.0 Å². The molecule has 0 N–H and O–H groups in total. The second-order valence-electron chi connectivity index (χ2n) is 35.5. The van der Waals surface area contributed by atoms with Crippen LogP contribution in [0.3, 0.4) is 0 Å². The van der Waals surface area contributed by atoms with Crippen LogP contribution in [0.2, 0.25) is 0 Å². The van der Waals surface area contributed by atoms with Crippen molar-refractivity contribution in [1.29, 1.82) is 0 Å². The molecule has 0 atom stereocenters. The lowest BCUT2D eigenvalue weighted by atomic mass is 9.81. The van der Waals surface area contributed by atoms with E-state index in [1.54, 1.807) is 0 Å². The van der Waals surface area contributed by atoms with Gasteiger partial charge in [-0.15, -0.1) is 0 Å². The summed E-state index contributed by atoms with van der Waals surface area (Å²) in [6.45, 7) is 18.8. The molecule has 0 saturated carbocycles. The Bertz CT molecular complexity index is 7750. The van der Waals surface area contributed by atoms with Gasteiger partial charge in [-0.3, -0.25) is 9.97 Å². The molecule has 0 radical (unpaired) electrons. The summed E-state index contributed by atoms with van der Waals surface area (Å²) in [6.07, 6.45) is 3.90. The number of fused-ring (bicyclic) bond motifs is 20. The largest absolute Gasteiger partial charge is 0.256 e. The summed E-state index contributed by atoms with van der Waals surface area (Å²) >= 11 is 0. The fraction of sp³-hybridized carbons (Fsp3) is 0.103. The Hall–Kier alpha value is -14.3. The molecule has 0 fully saturated rings. The molecule has 0 saturated heterocycles. The van der Waals surface area contributed by atoms with Crippen molar-refractivity contribution in [2.45, 2.75) is 77.0 Å². The monoisotopic (exact) mass is 1530 g/mol. The van der Waals surface area contributed by atoms with Gasteiger partial charge in [0, 0.05) is 83.1 Å². The molecule has 4 heterocycles. The van der Waals surface area contributed by atoms with Crippen molar-refractivity contribution in [2.24, 2.45) is 0 Å². The average Bonchev–Trinajstić information content (AvgIpc) is 1.41. The zero-order valence-electron chi connectivity index (χ0n) is 68.4. The minimum absolute atomic E-state index is 0.0929. The van der Waals surface area contributed by atoms with E-state index in [1.165, 1.54) is 144 Å². The molecule has 4 aliphatic carbocycles. The zero-order valence-corrected chi connectivity index (χ0v) is 68.4. The van der Waals surface area contributed by atoms with Gasteiger partial charge in [0.15, 0.2) is 0 Å². The first kappa shape index (κ1) is 71.0. The molecule has 0 aliphatic heterocycles. The molecule has 4 aromatic heterocycles. The van der Waals surface area contributed by atoms with E-state index in [0.29, 0.717) is 0 Å². The van der Waals surface area contributed by atoms with Gasteiger partial charge in [-0.25, -0.2) is 9.97 Å². The van der Waals surface area contributed by atoms with E-state index >= 15 is 0 Å². The summed E-state index contributed by atoms with van der Waals surface area (Å²) < 4.78 is 0. The Balaban J connectivity index is 0.000000140. The molecule has 0 bridgehead atoms. The Labute approximate surface area is 700 Å². The fourth-order valence-corrected chi connectivity index (χ4v) is 21.1. The van der Waals surface area contributed by atoms with Gasteiger partial charge in [-0.2, -0.15) is 0 Å². The molecular formula is C116H84N4. The Morgan fingerprint density at radius 3 is 0.933 bits per heavy atom. The quantitative estimate of drug-likeness (QED) is 0.142. The Kier molecular flexibility index (Phi) is 15.7. The number of hydrogen-bond donors (Lipinski definition) is 0. The second kappa shape index (κ2) is 26.6. The van der Waals surface area contributed by atoms with Gasteiger partial charge < -0.3 is 0 Å². The van der Waals surface area contributed by atoms with Gasteiger partial charge >= 0.3 is 0 Å². The SMILES string of the molecule is CC1(C)c2ccccc2-c2ccc(-c3cc(-c4ccc(-c5ccnc6ccccc56)cc4)c4cc(-c5ccc6c(c5)C(C)(C)c5ccccc5-6)c5ccccc5c4n3)cc21.CC1(C)c2ccccc2-c2ccc(-c3cc(-c4ccc(-c5cnc6ccccc6c5)cc4)c4cc(-c5ccc6c(c5)C(C)(C)c5ccccc5-6)c5ccccc5c4n3)cc21. The van der Waals surface area contributed by atoms with Crippen LogP contribution in [0, 0.1) is 0 Å². The molecule has 4 nitrogen and oxygen atoms in total. The molecule has 24 rings (SSSR count). The minimum Gasteiger partial charge on any atom is -0.256 e. The Morgan fingerprint density at radius 2 is 0.500 bits per heavy atom. The maximum atomic E-state index is 5.62. The van der Waals surface area contributed by atoms with Crippen molar-refractivity contribution < 1.29 is 0 Å². The molecule has 0 amide bonds. The van der Waals surface area contributed by atoms with Gasteiger partial charge in [0.05, 0.1) is 33.5 Å². The first-order chi connectivity index (χ1) is 58.5. The smallest absolute Gasteiger partial charge is 0.0794 e. The van der Waals surface area contributed by atoms with Gasteiger partial charge in [-0.1, -0.05) is 334 Å². The minimum atomic E-state index is -0.109. The maximum absolute atomic E-state index is 5.62. The lowest BCUT2D eigenvalue weighted by Gasteiger charge is -2.22. The Morgan fingerprint density at radius 1 is 0.183 bits per heavy atom. The normalized spacial score (nSPS) is 14.3. The highest BCUT2D eigenvalue weighted by Gasteiger charge is 2.40. The van der Waals surface area contributed by atoms with Crippen molar-refractivity contribution in [3.63, 3.8) is 0 Å². The standard InChI is InChI=1S/2C58H42N2/c1-57(2)50-18-10-8-15-42(50)44-27-25-37(30-52(44)57)47-32-49-48(36-23-21-35(22-24-36)40-29-38-13-5-12-20-54(38)59-34-40)33-55(60-56(49)46-17-7-6-14-41(46)47)39-26-28-45-43-16-9-11-19-51(43)58(3,4)53(45)31-39;1-57(2)50-18-10-7-14-41(50)43-27-25-37(31-52(43)57)47-33-49-48(36-23-21-35(22-24-36)39-29-30-59-54-20-12-9-16-45(39)54)34-55(60-56(49)46-17-6-5-13-40(46)47)38-26-28-44-42-15-8-11-19-51(42)58(3,4)53(44)32-38/h2*5-34H,1-4H3. The molecule has 0 unspecified atom stereocenters. The van der Waals surface area contributed by atoms with Crippen LogP contribution in [-0.4, -0.2) is 19.9 Å². The van der Waals surface area contributed by atoms with E-state index in [9.17, 15) is 0 Å². The lowest BCUT2D eigenvalue weighted by molar-refractivity contribution is 0.660. The molecule has 568 valence electrons.